The molecule has 0 amide bonds. The highest BCUT2D eigenvalue weighted by atomic mass is 28.3. The number of pyridine rings is 1. The molecule has 37 heavy (non-hydrogen) atoms. The zero-order valence-electron chi connectivity index (χ0n) is 22.9. The molecule has 0 unspecified atom stereocenters. The van der Waals surface area contributed by atoms with Crippen molar-refractivity contribution < 1.29 is 8.98 Å². The second kappa shape index (κ2) is 8.42. The summed E-state index contributed by atoms with van der Waals surface area (Å²) in [6, 6.07) is 28.8. The molecule has 0 aliphatic carbocycles. The van der Waals surface area contributed by atoms with Crippen LogP contribution in [0.1, 0.15) is 16.7 Å². The number of nitrogens with zero attached hydrogens (tertiary/aromatic N) is 1. The number of aryl methyl sites for hydroxylation is 3. The number of rotatable bonds is 3. The van der Waals surface area contributed by atoms with Crippen molar-refractivity contribution in [1.29, 1.82) is 0 Å². The number of para-hydroxylation sites is 2. The van der Waals surface area contributed by atoms with Crippen LogP contribution < -0.4 is 9.75 Å². The number of hydrogen-bond donors (Lipinski definition) is 0. The first-order valence-electron chi connectivity index (χ1n) is 13.1. The van der Waals surface area contributed by atoms with Crippen LogP contribution in [-0.4, -0.2) is 8.07 Å². The van der Waals surface area contributed by atoms with Crippen molar-refractivity contribution in [1.82, 2.24) is 0 Å². The lowest BCUT2D eigenvalue weighted by Crippen LogP contribution is -2.43. The molecular formula is C34H34NOSi+. The van der Waals surface area contributed by atoms with E-state index in [1.165, 1.54) is 60.4 Å². The molecule has 0 fully saturated rings. The fourth-order valence-electron chi connectivity index (χ4n) is 5.72. The largest absolute Gasteiger partial charge is 0.454 e. The molecule has 0 spiro atoms. The van der Waals surface area contributed by atoms with Crippen LogP contribution in [0.15, 0.2) is 83.3 Å². The number of aromatic nitrogens is 1. The van der Waals surface area contributed by atoms with Gasteiger partial charge in [0, 0.05) is 33.9 Å². The maximum atomic E-state index is 6.88. The molecule has 2 heterocycles. The smallest absolute Gasteiger partial charge is 0.216 e. The Balaban J connectivity index is 1.74. The molecule has 6 rings (SSSR count). The molecule has 4 aromatic carbocycles. The monoisotopic (exact) mass is 500 g/mol. The number of furan rings is 1. The Kier molecular flexibility index (Phi) is 5.39. The third-order valence-corrected chi connectivity index (χ3v) is 9.96. The van der Waals surface area contributed by atoms with Gasteiger partial charge in [0.2, 0.25) is 11.2 Å². The van der Waals surface area contributed by atoms with E-state index in [0.29, 0.717) is 0 Å². The summed E-state index contributed by atoms with van der Waals surface area (Å²) >= 11 is 0. The van der Waals surface area contributed by atoms with Gasteiger partial charge in [0.25, 0.3) is 0 Å². The molecule has 0 N–H and O–H groups in total. The van der Waals surface area contributed by atoms with Gasteiger partial charge in [-0.1, -0.05) is 79.8 Å². The molecule has 0 aliphatic heterocycles. The van der Waals surface area contributed by atoms with Crippen LogP contribution in [0.5, 0.6) is 0 Å². The predicted octanol–water partition coefficient (Wildman–Crippen LogP) is 8.37. The molecule has 0 atom stereocenters. The molecule has 0 bridgehead atoms. The van der Waals surface area contributed by atoms with Crippen molar-refractivity contribution in [3.63, 3.8) is 0 Å². The number of fused-ring (bicyclic) bond motifs is 4. The Morgan fingerprint density at radius 3 is 2.14 bits per heavy atom. The number of benzene rings is 4. The van der Waals surface area contributed by atoms with Gasteiger partial charge in [0.05, 0.1) is 13.6 Å². The molecule has 6 aromatic rings. The molecule has 0 aliphatic rings. The molecule has 2 nitrogen and oxygen atoms in total. The van der Waals surface area contributed by atoms with Gasteiger partial charge in [0.15, 0.2) is 0 Å². The first-order valence-corrected chi connectivity index (χ1v) is 16.6. The van der Waals surface area contributed by atoms with E-state index in [1.807, 2.05) is 0 Å². The van der Waals surface area contributed by atoms with Crippen LogP contribution in [0, 0.1) is 20.8 Å². The van der Waals surface area contributed by atoms with Crippen LogP contribution in [0.4, 0.5) is 0 Å². The minimum Gasteiger partial charge on any atom is -0.454 e. The van der Waals surface area contributed by atoms with Gasteiger partial charge < -0.3 is 4.42 Å². The summed E-state index contributed by atoms with van der Waals surface area (Å²) in [5.74, 6) is 0. The van der Waals surface area contributed by atoms with Crippen molar-refractivity contribution in [3.8, 4) is 22.4 Å². The highest BCUT2D eigenvalue weighted by molar-refractivity contribution is 6.90. The predicted molar refractivity (Wildman–Crippen MR) is 160 cm³/mol. The lowest BCUT2D eigenvalue weighted by Gasteiger charge is -2.20. The zero-order chi connectivity index (χ0) is 26.1. The standard InChI is InChI=1S/C34H34NOSi/c1-21-15-17-24(18-16-21)25-12-10-13-26-28-19-22(2)23(3)32(34(28)36-33(25)26)30-20-31(37(5,6)7)27-11-8-9-14-29(27)35(30)4/h8-20H,1-7H3/q+1. The van der Waals surface area contributed by atoms with Crippen LogP contribution in [0.25, 0.3) is 55.2 Å². The van der Waals surface area contributed by atoms with Crippen molar-refractivity contribution in [3.05, 3.63) is 95.6 Å². The van der Waals surface area contributed by atoms with E-state index in [4.69, 9.17) is 4.42 Å². The molecule has 184 valence electrons. The molecule has 0 saturated carbocycles. The second-order valence-electron chi connectivity index (χ2n) is 11.5. The van der Waals surface area contributed by atoms with E-state index in [0.717, 1.165) is 16.7 Å². The first kappa shape index (κ1) is 23.7. The maximum Gasteiger partial charge on any atom is 0.216 e. The highest BCUT2D eigenvalue weighted by Crippen LogP contribution is 2.41. The van der Waals surface area contributed by atoms with Crippen molar-refractivity contribution in [2.24, 2.45) is 7.05 Å². The van der Waals surface area contributed by atoms with E-state index >= 15 is 0 Å². The molecule has 0 saturated heterocycles. The lowest BCUT2D eigenvalue weighted by atomic mass is 9.95. The SMILES string of the molecule is Cc1ccc(-c2cccc3c2oc2c(-c4cc([Si](C)(C)C)c5ccccc5[n+]4C)c(C)c(C)cc23)cc1. The van der Waals surface area contributed by atoms with Gasteiger partial charge >= 0.3 is 0 Å². The van der Waals surface area contributed by atoms with Gasteiger partial charge in [-0.05, 0) is 54.8 Å². The quantitative estimate of drug-likeness (QED) is 0.176. The first-order chi connectivity index (χ1) is 17.6. The molecular weight excluding hydrogens is 466 g/mol. The summed E-state index contributed by atoms with van der Waals surface area (Å²) in [6.07, 6.45) is 0. The van der Waals surface area contributed by atoms with E-state index < -0.39 is 8.07 Å². The minimum atomic E-state index is -1.62. The average molecular weight is 501 g/mol. The maximum absolute atomic E-state index is 6.88. The van der Waals surface area contributed by atoms with E-state index in [9.17, 15) is 0 Å². The fraction of sp³-hybridized carbons (Fsp3) is 0.206. The summed E-state index contributed by atoms with van der Waals surface area (Å²) in [7, 11) is 0.577. The van der Waals surface area contributed by atoms with Crippen molar-refractivity contribution >= 4 is 46.1 Å². The van der Waals surface area contributed by atoms with Gasteiger partial charge in [0.1, 0.15) is 18.2 Å². The van der Waals surface area contributed by atoms with Crippen molar-refractivity contribution in [2.45, 2.75) is 40.4 Å². The minimum absolute atomic E-state index is 0.960. The van der Waals surface area contributed by atoms with Gasteiger partial charge in [-0.2, -0.15) is 4.57 Å². The van der Waals surface area contributed by atoms with E-state index in [1.54, 1.807) is 0 Å². The fourth-order valence-corrected chi connectivity index (χ4v) is 7.31. The second-order valence-corrected chi connectivity index (χ2v) is 16.5. The number of hydrogen-bond acceptors (Lipinski definition) is 1. The summed E-state index contributed by atoms with van der Waals surface area (Å²) < 4.78 is 9.24. The Labute approximate surface area is 220 Å². The van der Waals surface area contributed by atoms with Gasteiger partial charge in [-0.15, -0.1) is 0 Å². The third-order valence-electron chi connectivity index (χ3n) is 7.93. The van der Waals surface area contributed by atoms with Crippen molar-refractivity contribution in [2.75, 3.05) is 0 Å². The van der Waals surface area contributed by atoms with E-state index in [-0.39, 0.29) is 0 Å². The van der Waals surface area contributed by atoms with Crippen LogP contribution in [-0.2, 0) is 7.05 Å². The summed E-state index contributed by atoms with van der Waals surface area (Å²) in [4.78, 5) is 0. The Hall–Kier alpha value is -3.69. The van der Waals surface area contributed by atoms with Gasteiger partial charge in [-0.25, -0.2) is 0 Å². The highest BCUT2D eigenvalue weighted by Gasteiger charge is 2.29. The molecule has 2 aromatic heterocycles. The third kappa shape index (κ3) is 3.72. The van der Waals surface area contributed by atoms with Crippen LogP contribution >= 0.6 is 0 Å². The zero-order valence-corrected chi connectivity index (χ0v) is 23.9. The van der Waals surface area contributed by atoms with Gasteiger partial charge in [-0.3, -0.25) is 0 Å². The Morgan fingerprint density at radius 1 is 0.703 bits per heavy atom. The lowest BCUT2D eigenvalue weighted by molar-refractivity contribution is -0.633. The summed E-state index contributed by atoms with van der Waals surface area (Å²) in [6.45, 7) is 13.9. The Morgan fingerprint density at radius 2 is 1.41 bits per heavy atom. The summed E-state index contributed by atoms with van der Waals surface area (Å²) in [5.41, 5.74) is 11.8. The van der Waals surface area contributed by atoms with Crippen LogP contribution in [0.2, 0.25) is 19.6 Å². The Bertz CT molecular complexity index is 1840. The average Bonchev–Trinajstić information content (AvgIpc) is 3.23. The van der Waals surface area contributed by atoms with Crippen LogP contribution in [0.3, 0.4) is 0 Å². The van der Waals surface area contributed by atoms with E-state index in [2.05, 4.69) is 131 Å². The summed E-state index contributed by atoms with van der Waals surface area (Å²) in [5, 5.41) is 5.21. The molecule has 0 radical (unpaired) electrons. The normalized spacial score (nSPS) is 12.2. The molecule has 3 heteroatoms. The topological polar surface area (TPSA) is 17.0 Å².